The molecular weight excluding hydrogens is 317 g/mol. The van der Waals surface area contributed by atoms with Gasteiger partial charge >= 0.3 is 0 Å². The van der Waals surface area contributed by atoms with Crippen molar-refractivity contribution in [1.29, 1.82) is 0 Å². The highest BCUT2D eigenvalue weighted by molar-refractivity contribution is 6.53. The monoisotopic (exact) mass is 335 g/mol. The summed E-state index contributed by atoms with van der Waals surface area (Å²) in [5.74, 6) is -0.505. The SMILES string of the molecule is CC(C)NC(=O)c1coc(CN(C(=O)C(Cl)Cl)C(C)C)n1. The number of rotatable bonds is 6. The maximum Gasteiger partial charge on any atom is 0.273 e. The number of halogens is 2. The fraction of sp³-hybridized carbons (Fsp3) is 0.615. The van der Waals surface area contributed by atoms with Gasteiger partial charge in [-0.3, -0.25) is 9.59 Å². The van der Waals surface area contributed by atoms with Crippen LogP contribution in [0.4, 0.5) is 0 Å². The van der Waals surface area contributed by atoms with E-state index in [1.54, 1.807) is 0 Å². The van der Waals surface area contributed by atoms with Gasteiger partial charge in [-0.15, -0.1) is 0 Å². The normalized spacial score (nSPS) is 11.3. The Kier molecular flexibility index (Phi) is 6.48. The van der Waals surface area contributed by atoms with Crippen LogP contribution in [0.15, 0.2) is 10.7 Å². The molecule has 1 aromatic heterocycles. The second-order valence-electron chi connectivity index (χ2n) is 5.12. The summed E-state index contributed by atoms with van der Waals surface area (Å²) in [5, 5.41) is 2.71. The van der Waals surface area contributed by atoms with Crippen LogP contribution in [0, 0.1) is 0 Å². The van der Waals surface area contributed by atoms with Gasteiger partial charge in [0.05, 0.1) is 6.54 Å². The molecule has 21 heavy (non-hydrogen) atoms. The molecule has 2 amide bonds. The lowest BCUT2D eigenvalue weighted by molar-refractivity contribution is -0.132. The molecule has 118 valence electrons. The first kappa shape index (κ1) is 17.8. The minimum atomic E-state index is -1.15. The Labute approximate surface area is 133 Å². The van der Waals surface area contributed by atoms with Gasteiger partial charge < -0.3 is 14.6 Å². The van der Waals surface area contributed by atoms with Gasteiger partial charge in [0.1, 0.15) is 6.26 Å². The van der Waals surface area contributed by atoms with Crippen LogP contribution in [-0.2, 0) is 11.3 Å². The van der Waals surface area contributed by atoms with E-state index in [-0.39, 0.29) is 36.1 Å². The minimum absolute atomic E-state index is 0.000328. The summed E-state index contributed by atoms with van der Waals surface area (Å²) in [7, 11) is 0. The number of nitrogens with one attached hydrogen (secondary N) is 1. The smallest absolute Gasteiger partial charge is 0.273 e. The number of carbonyl (C=O) groups is 2. The van der Waals surface area contributed by atoms with Gasteiger partial charge in [0.15, 0.2) is 10.5 Å². The maximum atomic E-state index is 11.9. The number of amides is 2. The average Bonchev–Trinajstić information content (AvgIpc) is 2.82. The van der Waals surface area contributed by atoms with Crippen molar-refractivity contribution in [2.24, 2.45) is 0 Å². The summed E-state index contributed by atoms with van der Waals surface area (Å²) < 4.78 is 5.23. The van der Waals surface area contributed by atoms with Gasteiger partial charge in [-0.05, 0) is 27.7 Å². The highest BCUT2D eigenvalue weighted by atomic mass is 35.5. The molecule has 1 heterocycles. The van der Waals surface area contributed by atoms with Crippen molar-refractivity contribution >= 4 is 35.0 Å². The van der Waals surface area contributed by atoms with Gasteiger partial charge in [0, 0.05) is 12.1 Å². The highest BCUT2D eigenvalue weighted by Gasteiger charge is 2.25. The molecule has 1 rings (SSSR count). The molecule has 0 aliphatic heterocycles. The van der Waals surface area contributed by atoms with E-state index < -0.39 is 10.7 Å². The lowest BCUT2D eigenvalue weighted by Gasteiger charge is -2.25. The van der Waals surface area contributed by atoms with E-state index >= 15 is 0 Å². The molecule has 0 saturated heterocycles. The van der Waals surface area contributed by atoms with E-state index in [0.29, 0.717) is 0 Å². The van der Waals surface area contributed by atoms with Crippen molar-refractivity contribution in [3.8, 4) is 0 Å². The molecule has 0 saturated carbocycles. The van der Waals surface area contributed by atoms with E-state index in [1.165, 1.54) is 11.2 Å². The standard InChI is InChI=1S/C13H19Cl2N3O3/c1-7(2)16-12(19)9-6-21-10(17-9)5-18(8(3)4)13(20)11(14)15/h6-8,11H,5H2,1-4H3,(H,16,19). The van der Waals surface area contributed by atoms with Crippen LogP contribution >= 0.6 is 23.2 Å². The first-order valence-corrected chi connectivity index (χ1v) is 7.43. The maximum absolute atomic E-state index is 11.9. The van der Waals surface area contributed by atoms with Gasteiger partial charge in [0.25, 0.3) is 11.8 Å². The van der Waals surface area contributed by atoms with Crippen LogP contribution < -0.4 is 5.32 Å². The van der Waals surface area contributed by atoms with Crippen LogP contribution in [0.5, 0.6) is 0 Å². The third-order valence-corrected chi connectivity index (χ3v) is 2.98. The Morgan fingerprint density at radius 3 is 2.43 bits per heavy atom. The van der Waals surface area contributed by atoms with Crippen molar-refractivity contribution in [1.82, 2.24) is 15.2 Å². The first-order valence-electron chi connectivity index (χ1n) is 6.56. The van der Waals surface area contributed by atoms with Gasteiger partial charge in [-0.1, -0.05) is 23.2 Å². The zero-order valence-corrected chi connectivity index (χ0v) is 13.9. The van der Waals surface area contributed by atoms with Crippen LogP contribution in [0.25, 0.3) is 0 Å². The van der Waals surface area contributed by atoms with Crippen molar-refractivity contribution in [2.75, 3.05) is 0 Å². The van der Waals surface area contributed by atoms with Crippen molar-refractivity contribution in [3.05, 3.63) is 17.8 Å². The number of hydrogen-bond acceptors (Lipinski definition) is 4. The number of nitrogens with zero attached hydrogens (tertiary/aromatic N) is 2. The molecule has 0 unspecified atom stereocenters. The summed E-state index contributed by atoms with van der Waals surface area (Å²) >= 11 is 11.2. The second-order valence-corrected chi connectivity index (χ2v) is 6.21. The van der Waals surface area contributed by atoms with E-state index in [1.807, 2.05) is 27.7 Å². The molecule has 0 spiro atoms. The van der Waals surface area contributed by atoms with E-state index in [9.17, 15) is 9.59 Å². The van der Waals surface area contributed by atoms with E-state index in [2.05, 4.69) is 10.3 Å². The third-order valence-electron chi connectivity index (χ3n) is 2.60. The zero-order valence-electron chi connectivity index (χ0n) is 12.4. The second kappa shape index (κ2) is 7.66. The molecule has 0 fully saturated rings. The summed E-state index contributed by atoms with van der Waals surface area (Å²) in [4.78, 5) is 28.0. The zero-order chi connectivity index (χ0) is 16.2. The number of carbonyl (C=O) groups excluding carboxylic acids is 2. The Bertz CT molecular complexity index is 501. The highest BCUT2D eigenvalue weighted by Crippen LogP contribution is 2.14. The van der Waals surface area contributed by atoms with Crippen LogP contribution in [0.3, 0.4) is 0 Å². The molecule has 0 aliphatic carbocycles. The Balaban J connectivity index is 2.80. The number of aromatic nitrogens is 1. The summed E-state index contributed by atoms with van der Waals surface area (Å²) in [5.41, 5.74) is 0.170. The first-order chi connectivity index (χ1) is 9.72. The van der Waals surface area contributed by atoms with Crippen molar-refractivity contribution in [3.63, 3.8) is 0 Å². The Hall–Kier alpha value is -1.27. The fourth-order valence-electron chi connectivity index (χ4n) is 1.61. The largest absolute Gasteiger partial charge is 0.446 e. The molecule has 0 aromatic carbocycles. The van der Waals surface area contributed by atoms with E-state index in [0.717, 1.165) is 0 Å². The number of hydrogen-bond donors (Lipinski definition) is 1. The number of oxazole rings is 1. The molecule has 8 heteroatoms. The fourth-order valence-corrected chi connectivity index (χ4v) is 1.86. The summed E-state index contributed by atoms with van der Waals surface area (Å²) in [6.07, 6.45) is 1.26. The molecule has 0 bridgehead atoms. The van der Waals surface area contributed by atoms with Gasteiger partial charge in [-0.2, -0.15) is 0 Å². The lowest BCUT2D eigenvalue weighted by Crippen LogP contribution is -2.39. The van der Waals surface area contributed by atoms with Crippen molar-refractivity contribution < 1.29 is 14.0 Å². The minimum Gasteiger partial charge on any atom is -0.446 e. The molecule has 6 nitrogen and oxygen atoms in total. The molecule has 1 N–H and O–H groups in total. The molecule has 0 radical (unpaired) electrons. The quantitative estimate of drug-likeness (QED) is 0.809. The molecule has 0 aliphatic rings. The van der Waals surface area contributed by atoms with E-state index in [4.69, 9.17) is 27.6 Å². The number of alkyl halides is 2. The average molecular weight is 336 g/mol. The molecule has 1 aromatic rings. The Morgan fingerprint density at radius 2 is 1.95 bits per heavy atom. The van der Waals surface area contributed by atoms with Crippen molar-refractivity contribution in [2.45, 2.75) is 51.2 Å². The topological polar surface area (TPSA) is 75.4 Å². The summed E-state index contributed by atoms with van der Waals surface area (Å²) in [6.45, 7) is 7.44. The predicted molar refractivity (Wildman–Crippen MR) is 80.3 cm³/mol. The predicted octanol–water partition coefficient (Wildman–Crippen LogP) is 2.35. The molecular formula is C13H19Cl2N3O3. The van der Waals surface area contributed by atoms with Crippen LogP contribution in [0.1, 0.15) is 44.1 Å². The Morgan fingerprint density at radius 1 is 1.33 bits per heavy atom. The third kappa shape index (κ3) is 5.21. The summed E-state index contributed by atoms with van der Waals surface area (Å²) in [6, 6.07) is -0.128. The van der Waals surface area contributed by atoms with Crippen LogP contribution in [0.2, 0.25) is 0 Å². The van der Waals surface area contributed by atoms with Gasteiger partial charge in [0.2, 0.25) is 5.89 Å². The lowest BCUT2D eigenvalue weighted by atomic mass is 10.3. The van der Waals surface area contributed by atoms with Crippen LogP contribution in [-0.4, -0.2) is 38.6 Å². The van der Waals surface area contributed by atoms with Gasteiger partial charge in [-0.25, -0.2) is 4.98 Å². The molecule has 0 atom stereocenters.